The zero-order valence-electron chi connectivity index (χ0n) is 43.7. The summed E-state index contributed by atoms with van der Waals surface area (Å²) in [4.78, 5) is 68.6. The number of rotatable bonds is 26. The minimum absolute atomic E-state index is 0.0135. The molecule has 4 amide bonds. The van der Waals surface area contributed by atoms with Crippen molar-refractivity contribution in [1.29, 1.82) is 5.41 Å². The maximum Gasteiger partial charge on any atom is 0.407 e. The minimum atomic E-state index is -1.15. The number of nitrogens with one attached hydrogen (secondary N) is 7. The largest absolute Gasteiger partial charge is 0.493 e. The van der Waals surface area contributed by atoms with Crippen molar-refractivity contribution in [2.45, 2.75) is 117 Å². The van der Waals surface area contributed by atoms with Gasteiger partial charge in [0.25, 0.3) is 5.91 Å². The summed E-state index contributed by atoms with van der Waals surface area (Å²) in [6.07, 6.45) is 1.72. The number of unbranched alkanes of at least 4 members (excludes halogenated alkanes) is 1. The molecule has 0 unspecified atom stereocenters. The highest BCUT2D eigenvalue weighted by Crippen LogP contribution is 2.45. The molecule has 0 spiro atoms. The summed E-state index contributed by atoms with van der Waals surface area (Å²) < 4.78 is 23.9. The van der Waals surface area contributed by atoms with Crippen molar-refractivity contribution in [3.63, 3.8) is 0 Å². The van der Waals surface area contributed by atoms with E-state index in [4.69, 9.17) is 24.4 Å². The highest BCUT2D eigenvalue weighted by molar-refractivity contribution is 6.10. The van der Waals surface area contributed by atoms with E-state index in [0.717, 1.165) is 44.7 Å². The third-order valence-electron chi connectivity index (χ3n) is 11.9. The number of guanidine groups is 1. The second kappa shape index (κ2) is 28.0. The van der Waals surface area contributed by atoms with E-state index in [1.54, 1.807) is 41.7 Å². The number of esters is 1. The highest BCUT2D eigenvalue weighted by atomic mass is 16.6. The van der Waals surface area contributed by atoms with Crippen LogP contribution in [0.2, 0.25) is 0 Å². The van der Waals surface area contributed by atoms with Crippen LogP contribution in [-0.2, 0) is 35.3 Å². The topological polar surface area (TPSA) is 218 Å². The Morgan fingerprint density at radius 2 is 1.18 bits per heavy atom. The third kappa shape index (κ3) is 18.0. The second-order valence-electron chi connectivity index (χ2n) is 19.8. The van der Waals surface area contributed by atoms with Crippen molar-refractivity contribution in [2.24, 2.45) is 11.8 Å². The molecule has 3 atom stereocenters. The van der Waals surface area contributed by atoms with Crippen LogP contribution in [-0.4, -0.2) is 92.8 Å². The molecule has 7 N–H and O–H groups in total. The lowest BCUT2D eigenvalue weighted by atomic mass is 9.92. The number of ether oxygens (including phenoxy) is 4. The van der Waals surface area contributed by atoms with Crippen LogP contribution in [0.25, 0.3) is 32.7 Å². The quantitative estimate of drug-likeness (QED) is 0.0121. The van der Waals surface area contributed by atoms with Crippen LogP contribution >= 0.6 is 0 Å². The first kappa shape index (κ1) is 56.6. The Labute approximate surface area is 429 Å². The second-order valence-corrected chi connectivity index (χ2v) is 19.8. The zero-order valence-corrected chi connectivity index (χ0v) is 43.7. The molecule has 0 heterocycles. The fourth-order valence-corrected chi connectivity index (χ4v) is 8.01. The Kier molecular flexibility index (Phi) is 21.7. The van der Waals surface area contributed by atoms with Gasteiger partial charge in [-0.25, -0.2) is 9.59 Å². The van der Waals surface area contributed by atoms with Crippen LogP contribution < -0.4 is 41.4 Å². The highest BCUT2D eigenvalue weighted by Gasteiger charge is 2.32. The first-order valence-corrected chi connectivity index (χ1v) is 25.3. The summed E-state index contributed by atoms with van der Waals surface area (Å²) in [5.41, 5.74) is 1.69. The van der Waals surface area contributed by atoms with Gasteiger partial charge in [-0.1, -0.05) is 119 Å². The van der Waals surface area contributed by atoms with E-state index in [1.807, 2.05) is 103 Å². The molecule has 0 saturated heterocycles. The number of carbonyl (C=O) groups is 5. The smallest absolute Gasteiger partial charge is 0.407 e. The van der Waals surface area contributed by atoms with Gasteiger partial charge in [0.15, 0.2) is 12.6 Å². The van der Waals surface area contributed by atoms with Gasteiger partial charge in [0, 0.05) is 31.3 Å². The molecule has 0 aliphatic carbocycles. The monoisotopic (exact) mass is 1000 g/mol. The molecule has 0 radical (unpaired) electrons. The van der Waals surface area contributed by atoms with Gasteiger partial charge >= 0.3 is 12.1 Å². The van der Waals surface area contributed by atoms with Gasteiger partial charge < -0.3 is 50.8 Å². The minimum Gasteiger partial charge on any atom is -0.493 e. The van der Waals surface area contributed by atoms with Crippen molar-refractivity contribution in [1.82, 2.24) is 31.9 Å². The fourth-order valence-electron chi connectivity index (χ4n) is 8.01. The molecule has 5 aromatic carbocycles. The Bertz CT molecular complexity index is 2630. The van der Waals surface area contributed by atoms with Gasteiger partial charge in [-0.2, -0.15) is 0 Å². The third-order valence-corrected chi connectivity index (χ3v) is 11.9. The molecule has 0 aliphatic rings. The number of hydrogen-bond acceptors (Lipinski definition) is 10. The lowest BCUT2D eigenvalue weighted by Gasteiger charge is -2.26. The van der Waals surface area contributed by atoms with E-state index in [2.05, 4.69) is 45.7 Å². The number of amides is 4. The van der Waals surface area contributed by atoms with Gasteiger partial charge in [-0.3, -0.25) is 19.8 Å². The Morgan fingerprint density at radius 3 is 1.78 bits per heavy atom. The molecule has 5 aromatic rings. The summed E-state index contributed by atoms with van der Waals surface area (Å²) in [7, 11) is 1.61. The Morgan fingerprint density at radius 1 is 0.616 bits per heavy atom. The molecular weight excluding hydrogens is 927 g/mol. The van der Waals surface area contributed by atoms with E-state index in [1.165, 1.54) is 0 Å². The summed E-state index contributed by atoms with van der Waals surface area (Å²) in [5, 5.41) is 28.6. The zero-order chi connectivity index (χ0) is 52.9. The van der Waals surface area contributed by atoms with Crippen LogP contribution in [0, 0.1) is 17.2 Å². The summed E-state index contributed by atoms with van der Waals surface area (Å²) in [5.74, 6) is -1.20. The maximum absolute atomic E-state index is 14.5. The molecule has 0 saturated carbocycles. The normalized spacial score (nSPS) is 12.6. The lowest BCUT2D eigenvalue weighted by molar-refractivity contribution is -0.150. The summed E-state index contributed by atoms with van der Waals surface area (Å²) in [6, 6.07) is 29.6. The SMILES string of the molecule is CNC(=N)NCCC[C@@H](NC(=O)[C@@H](CCCCNC(=O)OC(C)(C)C)NC(=O)COc1ccc2ccccc2c1-c1c(OCCC(C)C)ccc2ccccc12)C(=O)N[C@H](C(=O)OCc1ccccc1)C(C)C. The van der Waals surface area contributed by atoms with Gasteiger partial charge in [0.05, 0.1) is 6.61 Å². The molecule has 5 rings (SSSR count). The van der Waals surface area contributed by atoms with Crippen LogP contribution in [0.15, 0.2) is 103 Å². The summed E-state index contributed by atoms with van der Waals surface area (Å²) in [6.45, 7) is 13.8. The van der Waals surface area contributed by atoms with Gasteiger partial charge in [-0.05, 0) is 110 Å². The van der Waals surface area contributed by atoms with E-state index < -0.39 is 60.1 Å². The van der Waals surface area contributed by atoms with Crippen LogP contribution in [0.4, 0.5) is 4.79 Å². The molecule has 16 heteroatoms. The molecule has 73 heavy (non-hydrogen) atoms. The van der Waals surface area contributed by atoms with E-state index >= 15 is 0 Å². The van der Waals surface area contributed by atoms with Crippen LogP contribution in [0.1, 0.15) is 92.6 Å². The molecule has 16 nitrogen and oxygen atoms in total. The Balaban J connectivity index is 1.40. The molecule has 0 aliphatic heterocycles. The van der Waals surface area contributed by atoms with Gasteiger partial charge in [-0.15, -0.1) is 0 Å². The molecule has 0 bridgehead atoms. The lowest BCUT2D eigenvalue weighted by Crippen LogP contribution is -2.57. The number of benzene rings is 5. The van der Waals surface area contributed by atoms with Crippen LogP contribution in [0.3, 0.4) is 0 Å². The first-order chi connectivity index (χ1) is 34.9. The standard InChI is InChI=1S/C57H75N7O9/c1-37(2)31-34-70-46-29-27-40-21-12-14-23-42(40)49(46)50-43-24-15-13-22-41(43)28-30-47(50)71-36-48(65)62-44(25-16-17-32-61-56(69)73-57(5,6)7)52(66)63-45(26-18-33-60-55(58)59-8)53(67)64-51(38(3)4)54(68)72-35-39-19-10-9-11-20-39/h9-15,19-24,27-30,37-38,44-45,51H,16-18,25-26,31-36H2,1-8H3,(H,61,69)(H,62,65)(H,63,66)(H,64,67)(H3,58,59,60)/t44-,45-,51+/m1/s1. The molecule has 0 fully saturated rings. The average molecular weight is 1000 g/mol. The maximum atomic E-state index is 14.5. The number of alkyl carbamates (subject to hydrolysis) is 1. The molecule has 392 valence electrons. The van der Waals surface area contributed by atoms with Gasteiger partial charge in [0.1, 0.15) is 41.8 Å². The van der Waals surface area contributed by atoms with E-state index in [-0.39, 0.29) is 37.9 Å². The van der Waals surface area contributed by atoms with E-state index in [0.29, 0.717) is 49.8 Å². The van der Waals surface area contributed by atoms with Crippen molar-refractivity contribution in [3.05, 3.63) is 109 Å². The average Bonchev–Trinajstić information content (AvgIpc) is 3.36. The van der Waals surface area contributed by atoms with Crippen molar-refractivity contribution >= 4 is 57.3 Å². The fraction of sp³-hybridized carbons (Fsp3) is 0.439. The predicted molar refractivity (Wildman–Crippen MR) is 286 cm³/mol. The number of hydrogen-bond donors (Lipinski definition) is 7. The molecule has 0 aromatic heterocycles. The van der Waals surface area contributed by atoms with E-state index in [9.17, 15) is 24.0 Å². The molecular formula is C57H75N7O9. The van der Waals surface area contributed by atoms with Crippen molar-refractivity contribution in [3.8, 4) is 22.6 Å². The van der Waals surface area contributed by atoms with Crippen LogP contribution in [0.5, 0.6) is 11.5 Å². The number of fused-ring (bicyclic) bond motifs is 2. The number of carbonyl (C=O) groups excluding carboxylic acids is 5. The first-order valence-electron chi connectivity index (χ1n) is 25.3. The van der Waals surface area contributed by atoms with Crippen molar-refractivity contribution < 1.29 is 42.9 Å². The van der Waals surface area contributed by atoms with Gasteiger partial charge in [0.2, 0.25) is 11.8 Å². The Hall–Kier alpha value is -7.36. The predicted octanol–water partition coefficient (Wildman–Crippen LogP) is 8.54. The summed E-state index contributed by atoms with van der Waals surface area (Å²) >= 11 is 0. The van der Waals surface area contributed by atoms with Crippen molar-refractivity contribution in [2.75, 3.05) is 33.4 Å².